The molecule has 0 radical (unpaired) electrons. The predicted octanol–water partition coefficient (Wildman–Crippen LogP) is 0.283. The number of carbonyl (C=O) groups excluding carboxylic acids is 1. The van der Waals surface area contributed by atoms with Crippen LogP contribution in [-0.2, 0) is 11.3 Å². The molecule has 2 aliphatic rings. The molecule has 7 heteroatoms. The first-order valence-electron chi connectivity index (χ1n) is 7.85. The Kier molecular flexibility index (Phi) is 4.75. The first-order chi connectivity index (χ1) is 10.6. The molecular formula is C15H24N4O3. The SMILES string of the molecule is CN(C)[C@@H]1CCN(C(=O)c2cc(CN3CCOCC3)on2)C1. The van der Waals surface area contributed by atoms with Crippen molar-refractivity contribution in [1.29, 1.82) is 0 Å². The molecule has 2 fully saturated rings. The van der Waals surface area contributed by atoms with E-state index in [0.29, 0.717) is 18.3 Å². The van der Waals surface area contributed by atoms with Crippen molar-refractivity contribution in [2.24, 2.45) is 0 Å². The normalized spacial score (nSPS) is 23.4. The summed E-state index contributed by atoms with van der Waals surface area (Å²) in [5, 5.41) is 3.96. The van der Waals surface area contributed by atoms with Gasteiger partial charge in [0.1, 0.15) is 0 Å². The van der Waals surface area contributed by atoms with Crippen molar-refractivity contribution in [3.63, 3.8) is 0 Å². The molecule has 0 saturated carbocycles. The van der Waals surface area contributed by atoms with Gasteiger partial charge >= 0.3 is 0 Å². The van der Waals surface area contributed by atoms with E-state index in [9.17, 15) is 4.79 Å². The Morgan fingerprint density at radius 3 is 2.82 bits per heavy atom. The smallest absolute Gasteiger partial charge is 0.276 e. The molecule has 122 valence electrons. The van der Waals surface area contributed by atoms with Crippen LogP contribution in [-0.4, -0.2) is 85.3 Å². The molecule has 2 saturated heterocycles. The average molecular weight is 308 g/mol. The maximum Gasteiger partial charge on any atom is 0.276 e. The highest BCUT2D eigenvalue weighted by Gasteiger charge is 2.29. The number of rotatable bonds is 4. The molecule has 3 rings (SSSR count). The Morgan fingerprint density at radius 1 is 1.36 bits per heavy atom. The van der Waals surface area contributed by atoms with Gasteiger partial charge in [-0.15, -0.1) is 0 Å². The van der Waals surface area contributed by atoms with E-state index in [2.05, 4.69) is 29.1 Å². The van der Waals surface area contributed by atoms with E-state index in [1.54, 1.807) is 6.07 Å². The van der Waals surface area contributed by atoms with E-state index in [1.807, 2.05) is 4.90 Å². The first-order valence-corrected chi connectivity index (χ1v) is 7.85. The Hall–Kier alpha value is -1.44. The number of hydrogen-bond acceptors (Lipinski definition) is 6. The predicted molar refractivity (Wildman–Crippen MR) is 80.6 cm³/mol. The summed E-state index contributed by atoms with van der Waals surface area (Å²) in [6.45, 7) is 5.51. The molecule has 0 aliphatic carbocycles. The van der Waals surface area contributed by atoms with Crippen LogP contribution in [0.25, 0.3) is 0 Å². The summed E-state index contributed by atoms with van der Waals surface area (Å²) in [4.78, 5) is 18.7. The Morgan fingerprint density at radius 2 is 2.14 bits per heavy atom. The van der Waals surface area contributed by atoms with E-state index in [4.69, 9.17) is 9.26 Å². The summed E-state index contributed by atoms with van der Waals surface area (Å²) in [6, 6.07) is 2.21. The molecule has 0 aromatic carbocycles. The van der Waals surface area contributed by atoms with Crippen LogP contribution in [0.1, 0.15) is 22.7 Å². The third-order valence-electron chi connectivity index (χ3n) is 4.44. The highest BCUT2D eigenvalue weighted by Crippen LogP contribution is 2.17. The molecule has 0 spiro atoms. The zero-order chi connectivity index (χ0) is 15.5. The number of amides is 1. The van der Waals surface area contributed by atoms with Gasteiger partial charge in [-0.3, -0.25) is 9.69 Å². The molecule has 1 amide bonds. The molecule has 0 N–H and O–H groups in total. The van der Waals surface area contributed by atoms with E-state index >= 15 is 0 Å². The van der Waals surface area contributed by atoms with Crippen molar-refractivity contribution in [3.05, 3.63) is 17.5 Å². The van der Waals surface area contributed by atoms with Crippen molar-refractivity contribution >= 4 is 5.91 Å². The highest BCUT2D eigenvalue weighted by atomic mass is 16.5. The topological polar surface area (TPSA) is 62.0 Å². The minimum Gasteiger partial charge on any atom is -0.379 e. The lowest BCUT2D eigenvalue weighted by Crippen LogP contribution is -2.35. The molecule has 22 heavy (non-hydrogen) atoms. The number of carbonyl (C=O) groups is 1. The van der Waals surface area contributed by atoms with Gasteiger partial charge in [0, 0.05) is 38.3 Å². The molecule has 1 aromatic rings. The van der Waals surface area contributed by atoms with Crippen LogP contribution in [0.2, 0.25) is 0 Å². The third-order valence-corrected chi connectivity index (χ3v) is 4.44. The Labute approximate surface area is 130 Å². The van der Waals surface area contributed by atoms with Crippen molar-refractivity contribution in [1.82, 2.24) is 19.9 Å². The van der Waals surface area contributed by atoms with E-state index in [1.165, 1.54) is 0 Å². The quantitative estimate of drug-likeness (QED) is 0.796. The van der Waals surface area contributed by atoms with Crippen LogP contribution in [0, 0.1) is 0 Å². The first kappa shape index (κ1) is 15.5. The fourth-order valence-electron chi connectivity index (χ4n) is 2.98. The second-order valence-corrected chi connectivity index (χ2v) is 6.22. The van der Waals surface area contributed by atoms with E-state index < -0.39 is 0 Å². The summed E-state index contributed by atoms with van der Waals surface area (Å²) in [5.74, 6) is 0.718. The van der Waals surface area contributed by atoms with Crippen LogP contribution in [0.4, 0.5) is 0 Å². The molecule has 1 atom stereocenters. The number of hydrogen-bond donors (Lipinski definition) is 0. The lowest BCUT2D eigenvalue weighted by molar-refractivity contribution is 0.0305. The Balaban J connectivity index is 1.57. The van der Waals surface area contributed by atoms with E-state index in [-0.39, 0.29) is 5.91 Å². The summed E-state index contributed by atoms with van der Waals surface area (Å²) in [7, 11) is 4.10. The van der Waals surface area contributed by atoms with Gasteiger partial charge in [0.2, 0.25) is 0 Å². The number of likely N-dealkylation sites (N-methyl/N-ethyl adjacent to an activating group) is 1. The van der Waals surface area contributed by atoms with Crippen LogP contribution >= 0.6 is 0 Å². The second-order valence-electron chi connectivity index (χ2n) is 6.22. The van der Waals surface area contributed by atoms with Gasteiger partial charge in [0.15, 0.2) is 11.5 Å². The number of ether oxygens (including phenoxy) is 1. The van der Waals surface area contributed by atoms with Crippen LogP contribution in [0.3, 0.4) is 0 Å². The van der Waals surface area contributed by atoms with Gasteiger partial charge in [-0.2, -0.15) is 0 Å². The average Bonchev–Trinajstić information content (AvgIpc) is 3.17. The van der Waals surface area contributed by atoms with Crippen molar-refractivity contribution in [3.8, 4) is 0 Å². The fraction of sp³-hybridized carbons (Fsp3) is 0.733. The minimum atomic E-state index is -0.0265. The number of aromatic nitrogens is 1. The molecule has 1 aromatic heterocycles. The van der Waals surface area contributed by atoms with Gasteiger partial charge in [0.25, 0.3) is 5.91 Å². The van der Waals surface area contributed by atoms with Crippen molar-refractivity contribution < 1.29 is 14.1 Å². The molecule has 0 unspecified atom stereocenters. The molecule has 0 bridgehead atoms. The number of likely N-dealkylation sites (tertiary alicyclic amines) is 1. The van der Waals surface area contributed by atoms with Crippen LogP contribution < -0.4 is 0 Å². The van der Waals surface area contributed by atoms with Crippen LogP contribution in [0.5, 0.6) is 0 Å². The Bertz CT molecular complexity index is 511. The molecule has 3 heterocycles. The molecule has 7 nitrogen and oxygen atoms in total. The summed E-state index contributed by atoms with van der Waals surface area (Å²) in [6.07, 6.45) is 1.01. The molecular weight excluding hydrogens is 284 g/mol. The zero-order valence-corrected chi connectivity index (χ0v) is 13.3. The lowest BCUT2D eigenvalue weighted by Gasteiger charge is -2.25. The summed E-state index contributed by atoms with van der Waals surface area (Å²) >= 11 is 0. The third kappa shape index (κ3) is 3.48. The lowest BCUT2D eigenvalue weighted by atomic mass is 10.2. The monoisotopic (exact) mass is 308 g/mol. The summed E-state index contributed by atoms with van der Waals surface area (Å²) in [5.41, 5.74) is 0.419. The van der Waals surface area contributed by atoms with Gasteiger partial charge in [-0.25, -0.2) is 0 Å². The highest BCUT2D eigenvalue weighted by molar-refractivity contribution is 5.92. The fourth-order valence-corrected chi connectivity index (χ4v) is 2.98. The standard InChI is InChI=1S/C15H24N4O3/c1-17(2)12-3-4-19(10-12)15(20)14-9-13(22-16-14)11-18-5-7-21-8-6-18/h9,12H,3-8,10-11H2,1-2H3/t12-/m1/s1. The van der Waals surface area contributed by atoms with Crippen LogP contribution in [0.15, 0.2) is 10.6 Å². The maximum atomic E-state index is 12.5. The van der Waals surface area contributed by atoms with Gasteiger partial charge in [-0.1, -0.05) is 5.16 Å². The van der Waals surface area contributed by atoms with Crippen molar-refractivity contribution in [2.45, 2.75) is 19.0 Å². The maximum absolute atomic E-state index is 12.5. The zero-order valence-electron chi connectivity index (χ0n) is 13.3. The summed E-state index contributed by atoms with van der Waals surface area (Å²) < 4.78 is 10.7. The number of nitrogens with zero attached hydrogens (tertiary/aromatic N) is 4. The molecule has 2 aliphatic heterocycles. The van der Waals surface area contributed by atoms with Gasteiger partial charge in [-0.05, 0) is 20.5 Å². The minimum absolute atomic E-state index is 0.0265. The van der Waals surface area contributed by atoms with Gasteiger partial charge in [0.05, 0.1) is 19.8 Å². The largest absolute Gasteiger partial charge is 0.379 e. The second kappa shape index (κ2) is 6.76. The van der Waals surface area contributed by atoms with E-state index in [0.717, 1.165) is 51.6 Å². The van der Waals surface area contributed by atoms with Gasteiger partial charge < -0.3 is 19.1 Å². The number of morpholine rings is 1. The van der Waals surface area contributed by atoms with Crippen molar-refractivity contribution in [2.75, 3.05) is 53.5 Å².